The van der Waals surface area contributed by atoms with Crippen LogP contribution in [0.15, 0.2) is 45.3 Å². The molecule has 12 heteroatoms. The Labute approximate surface area is 331 Å². The lowest BCUT2D eigenvalue weighted by Gasteiger charge is -2.45. The minimum Gasteiger partial charge on any atom is -0.444 e. The predicted octanol–water partition coefficient (Wildman–Crippen LogP) is 10.9. The van der Waals surface area contributed by atoms with Gasteiger partial charge in [-0.2, -0.15) is 0 Å². The first-order chi connectivity index (χ1) is 24.8. The molecule has 6 rings (SSSR count). The van der Waals surface area contributed by atoms with Gasteiger partial charge in [0, 0.05) is 52.8 Å². The maximum atomic E-state index is 13.7. The summed E-state index contributed by atoms with van der Waals surface area (Å²) in [5, 5.41) is 0. The molecular formula is C41H57Br2F2N3O5. The largest absolute Gasteiger partial charge is 0.444 e. The van der Waals surface area contributed by atoms with Crippen LogP contribution < -0.4 is 0 Å². The summed E-state index contributed by atoms with van der Waals surface area (Å²) in [7, 11) is 0. The predicted molar refractivity (Wildman–Crippen MR) is 211 cm³/mol. The van der Waals surface area contributed by atoms with E-state index in [9.17, 15) is 23.2 Å². The van der Waals surface area contributed by atoms with Crippen LogP contribution in [0.4, 0.5) is 18.4 Å². The quantitative estimate of drug-likeness (QED) is 0.286. The number of rotatable bonds is 3. The van der Waals surface area contributed by atoms with E-state index in [-0.39, 0.29) is 29.1 Å². The van der Waals surface area contributed by atoms with Crippen molar-refractivity contribution < 1.29 is 32.6 Å². The molecule has 8 nitrogen and oxygen atoms in total. The topological polar surface area (TPSA) is 79.4 Å². The molecule has 3 saturated heterocycles. The number of nitrogens with zero attached hydrogens (tertiary/aromatic N) is 3. The zero-order valence-corrected chi connectivity index (χ0v) is 35.4. The standard InChI is InChI=1S/C20H28BrFN2O2.C14H25NO2.C7H4BrFO/c1-19(2,3)26-18(25)23-9-6-20(7-10-23)5-4-8-24(20)14-15-11-16(21)13-17(22)12-15;1-13(2,3)17-12(16)15-10-8-14(9-11-15)6-4-5-7-14;8-6-1-5(4-10)2-7(9)3-6/h11-13H,4-10,14H2,1-3H3;4-11H2,1-3H3;1-4H. The first kappa shape index (κ1) is 43.2. The van der Waals surface area contributed by atoms with Crippen LogP contribution in [0.1, 0.15) is 122 Å². The number of likely N-dealkylation sites (tertiary alicyclic amines) is 3. The molecule has 53 heavy (non-hydrogen) atoms. The number of benzene rings is 2. The summed E-state index contributed by atoms with van der Waals surface area (Å²) in [4.78, 5) is 40.5. The van der Waals surface area contributed by atoms with Gasteiger partial charge in [0.15, 0.2) is 0 Å². The Morgan fingerprint density at radius 1 is 0.679 bits per heavy atom. The first-order valence-corrected chi connectivity index (χ1v) is 20.5. The van der Waals surface area contributed by atoms with Crippen molar-refractivity contribution in [1.29, 1.82) is 0 Å². The van der Waals surface area contributed by atoms with Gasteiger partial charge in [-0.05, 0) is 147 Å². The monoisotopic (exact) mass is 867 g/mol. The lowest BCUT2D eigenvalue weighted by atomic mass is 9.77. The van der Waals surface area contributed by atoms with E-state index < -0.39 is 11.4 Å². The fourth-order valence-electron chi connectivity index (χ4n) is 7.92. The Morgan fingerprint density at radius 3 is 1.64 bits per heavy atom. The van der Waals surface area contributed by atoms with Crippen LogP contribution in [0.3, 0.4) is 0 Å². The molecule has 3 heterocycles. The molecule has 2 aromatic carbocycles. The summed E-state index contributed by atoms with van der Waals surface area (Å²) < 4.78 is 38.4. The highest BCUT2D eigenvalue weighted by Gasteiger charge is 2.44. The second kappa shape index (κ2) is 18.4. The highest BCUT2D eigenvalue weighted by atomic mass is 79.9. The van der Waals surface area contributed by atoms with E-state index in [2.05, 4.69) is 36.8 Å². The van der Waals surface area contributed by atoms with Crippen molar-refractivity contribution in [3.8, 4) is 0 Å². The Morgan fingerprint density at radius 2 is 1.17 bits per heavy atom. The van der Waals surface area contributed by atoms with Gasteiger partial charge in [0.2, 0.25) is 0 Å². The first-order valence-electron chi connectivity index (χ1n) is 18.9. The van der Waals surface area contributed by atoms with Gasteiger partial charge < -0.3 is 19.3 Å². The van der Waals surface area contributed by atoms with Crippen LogP contribution in [0.25, 0.3) is 0 Å². The molecule has 2 aromatic rings. The van der Waals surface area contributed by atoms with Crippen molar-refractivity contribution in [2.24, 2.45) is 5.41 Å². The lowest BCUT2D eigenvalue weighted by Crippen LogP contribution is -2.53. The third-order valence-corrected chi connectivity index (χ3v) is 11.5. The number of hydrogen-bond donors (Lipinski definition) is 0. The second-order valence-electron chi connectivity index (χ2n) is 17.0. The van der Waals surface area contributed by atoms with Crippen molar-refractivity contribution in [1.82, 2.24) is 14.7 Å². The zero-order chi connectivity index (χ0) is 39.0. The number of halogens is 4. The van der Waals surface area contributed by atoms with E-state index in [1.165, 1.54) is 56.7 Å². The van der Waals surface area contributed by atoms with Crippen molar-refractivity contribution in [3.05, 3.63) is 68.1 Å². The van der Waals surface area contributed by atoms with Crippen LogP contribution >= 0.6 is 31.9 Å². The SMILES string of the molecule is CC(C)(C)OC(=O)N1CCC2(CCCC2)CC1.CC(C)(C)OC(=O)N1CCC2(CCCN2Cc2cc(F)cc(Br)c2)CC1.O=Cc1cc(F)cc(Br)c1. The van der Waals surface area contributed by atoms with E-state index in [1.54, 1.807) is 12.1 Å². The van der Waals surface area contributed by atoms with Gasteiger partial charge in [-0.25, -0.2) is 18.4 Å². The smallest absolute Gasteiger partial charge is 0.410 e. The van der Waals surface area contributed by atoms with Gasteiger partial charge in [-0.15, -0.1) is 0 Å². The third-order valence-electron chi connectivity index (χ3n) is 10.5. The summed E-state index contributed by atoms with van der Waals surface area (Å²) in [5.41, 5.74) is 1.19. The summed E-state index contributed by atoms with van der Waals surface area (Å²) >= 11 is 6.44. The summed E-state index contributed by atoms with van der Waals surface area (Å²) in [6, 6.07) is 9.13. The Balaban J connectivity index is 0.000000198. The fourth-order valence-corrected chi connectivity index (χ4v) is 8.92. The maximum absolute atomic E-state index is 13.7. The minimum atomic E-state index is -0.462. The van der Waals surface area contributed by atoms with E-state index in [0.29, 0.717) is 21.7 Å². The average Bonchev–Trinajstić information content (AvgIpc) is 3.66. The molecule has 2 spiro atoms. The fraction of sp³-hybridized carbons (Fsp3) is 0.634. The van der Waals surface area contributed by atoms with Gasteiger partial charge in [0.05, 0.1) is 0 Å². The maximum Gasteiger partial charge on any atom is 0.410 e. The van der Waals surface area contributed by atoms with E-state index in [0.717, 1.165) is 75.0 Å². The molecule has 3 aliphatic heterocycles. The van der Waals surface area contributed by atoms with Crippen molar-refractivity contribution in [3.63, 3.8) is 0 Å². The minimum absolute atomic E-state index is 0.122. The molecule has 0 radical (unpaired) electrons. The average molecular weight is 870 g/mol. The molecule has 0 aromatic heterocycles. The Kier molecular flexibility index (Phi) is 15.0. The van der Waals surface area contributed by atoms with Gasteiger partial charge >= 0.3 is 12.2 Å². The number of ether oxygens (including phenoxy) is 2. The zero-order valence-electron chi connectivity index (χ0n) is 32.2. The number of hydrogen-bond acceptors (Lipinski definition) is 6. The van der Waals surface area contributed by atoms with E-state index in [1.807, 2.05) is 57.4 Å². The second-order valence-corrected chi connectivity index (χ2v) is 18.8. The van der Waals surface area contributed by atoms with Gasteiger partial charge in [-0.3, -0.25) is 9.69 Å². The van der Waals surface area contributed by atoms with Crippen molar-refractivity contribution in [2.75, 3.05) is 32.7 Å². The van der Waals surface area contributed by atoms with Crippen molar-refractivity contribution in [2.45, 2.75) is 129 Å². The number of amides is 2. The summed E-state index contributed by atoms with van der Waals surface area (Å²) in [6.07, 6.45) is 12.3. The van der Waals surface area contributed by atoms with Gasteiger partial charge in [0.1, 0.15) is 29.1 Å². The molecule has 1 aliphatic carbocycles. The normalized spacial score (nSPS) is 19.6. The molecule has 0 atom stereocenters. The van der Waals surface area contributed by atoms with Crippen LogP contribution in [0.2, 0.25) is 0 Å². The van der Waals surface area contributed by atoms with Crippen LogP contribution in [0, 0.1) is 17.0 Å². The van der Waals surface area contributed by atoms with E-state index in [4.69, 9.17) is 9.47 Å². The number of carbonyl (C=O) groups is 3. The molecule has 4 fully saturated rings. The molecule has 294 valence electrons. The number of carbonyl (C=O) groups excluding carboxylic acids is 3. The van der Waals surface area contributed by atoms with Gasteiger partial charge in [0.25, 0.3) is 0 Å². The molecule has 1 saturated carbocycles. The number of aldehydes is 1. The molecule has 2 amide bonds. The highest BCUT2D eigenvalue weighted by molar-refractivity contribution is 9.10. The van der Waals surface area contributed by atoms with Crippen LogP contribution in [-0.2, 0) is 16.0 Å². The molecule has 4 aliphatic rings. The molecular weight excluding hydrogens is 812 g/mol. The van der Waals surface area contributed by atoms with Crippen LogP contribution in [-0.4, -0.2) is 82.6 Å². The highest BCUT2D eigenvalue weighted by Crippen LogP contribution is 2.46. The molecule has 0 unspecified atom stereocenters. The van der Waals surface area contributed by atoms with E-state index >= 15 is 0 Å². The number of piperidine rings is 2. The Hall–Kier alpha value is -2.57. The van der Waals surface area contributed by atoms with Gasteiger partial charge in [-0.1, -0.05) is 44.7 Å². The van der Waals surface area contributed by atoms with Crippen molar-refractivity contribution >= 4 is 50.3 Å². The molecule has 0 bridgehead atoms. The third kappa shape index (κ3) is 13.3. The lowest BCUT2D eigenvalue weighted by molar-refractivity contribution is 0.00151. The Bertz CT molecular complexity index is 1510. The molecule has 0 N–H and O–H groups in total. The van der Waals surface area contributed by atoms with Crippen LogP contribution in [0.5, 0.6) is 0 Å². The summed E-state index contributed by atoms with van der Waals surface area (Å²) in [6.45, 7) is 16.4. The summed E-state index contributed by atoms with van der Waals surface area (Å²) in [5.74, 6) is -0.612.